The van der Waals surface area contributed by atoms with E-state index in [1.807, 2.05) is 42.1 Å². The highest BCUT2D eigenvalue weighted by molar-refractivity contribution is 5.34. The molecular weight excluding hydrogens is 334 g/mol. The summed E-state index contributed by atoms with van der Waals surface area (Å²) >= 11 is 0. The lowest BCUT2D eigenvalue weighted by Gasteiger charge is -2.19. The van der Waals surface area contributed by atoms with Crippen LogP contribution in [0, 0.1) is 6.92 Å². The van der Waals surface area contributed by atoms with Crippen LogP contribution in [0.3, 0.4) is 0 Å². The summed E-state index contributed by atoms with van der Waals surface area (Å²) in [6, 6.07) is 18.7. The van der Waals surface area contributed by atoms with Gasteiger partial charge in [-0.25, -0.2) is 0 Å². The molecular formula is C23H29N3O. The van der Waals surface area contributed by atoms with Crippen LogP contribution in [-0.2, 0) is 13.5 Å². The lowest BCUT2D eigenvalue weighted by atomic mass is 10.0. The van der Waals surface area contributed by atoms with Gasteiger partial charge in [-0.15, -0.1) is 0 Å². The van der Waals surface area contributed by atoms with Gasteiger partial charge >= 0.3 is 0 Å². The van der Waals surface area contributed by atoms with Crippen LogP contribution < -0.4 is 10.1 Å². The zero-order valence-corrected chi connectivity index (χ0v) is 16.5. The number of aromatic nitrogens is 2. The molecule has 0 aliphatic carbocycles. The third kappa shape index (κ3) is 5.44. The molecule has 0 spiro atoms. The first-order valence-electron chi connectivity index (χ1n) is 9.71. The second-order valence-electron chi connectivity index (χ2n) is 6.94. The Morgan fingerprint density at radius 2 is 1.74 bits per heavy atom. The van der Waals surface area contributed by atoms with Crippen LogP contribution in [0.5, 0.6) is 11.5 Å². The molecule has 3 aromatic rings. The second kappa shape index (κ2) is 9.38. The molecule has 0 saturated carbocycles. The van der Waals surface area contributed by atoms with Crippen LogP contribution in [0.2, 0.25) is 0 Å². The van der Waals surface area contributed by atoms with Crippen molar-refractivity contribution in [3.63, 3.8) is 0 Å². The number of nitrogens with zero attached hydrogens (tertiary/aromatic N) is 2. The van der Waals surface area contributed by atoms with E-state index < -0.39 is 0 Å². The highest BCUT2D eigenvalue weighted by Crippen LogP contribution is 2.25. The summed E-state index contributed by atoms with van der Waals surface area (Å²) in [7, 11) is 1.98. The first kappa shape index (κ1) is 19.2. The van der Waals surface area contributed by atoms with Crippen LogP contribution in [0.1, 0.15) is 42.6 Å². The van der Waals surface area contributed by atoms with Crippen molar-refractivity contribution in [3.8, 4) is 11.5 Å². The fourth-order valence-electron chi connectivity index (χ4n) is 3.34. The first-order chi connectivity index (χ1) is 13.2. The van der Waals surface area contributed by atoms with E-state index in [-0.39, 0.29) is 0 Å². The summed E-state index contributed by atoms with van der Waals surface area (Å²) < 4.78 is 7.79. The summed E-state index contributed by atoms with van der Waals surface area (Å²) in [5, 5.41) is 8.14. The zero-order valence-electron chi connectivity index (χ0n) is 16.5. The van der Waals surface area contributed by atoms with Crippen molar-refractivity contribution in [2.45, 2.75) is 39.2 Å². The Hall–Kier alpha value is -2.59. The minimum atomic E-state index is 0.359. The molecule has 2 aromatic carbocycles. The van der Waals surface area contributed by atoms with E-state index in [1.165, 1.54) is 11.1 Å². The van der Waals surface area contributed by atoms with Crippen LogP contribution in [0.25, 0.3) is 0 Å². The molecule has 1 N–H and O–H groups in total. The van der Waals surface area contributed by atoms with Crippen molar-refractivity contribution >= 4 is 0 Å². The topological polar surface area (TPSA) is 39.1 Å². The molecule has 4 nitrogen and oxygen atoms in total. The number of rotatable bonds is 9. The van der Waals surface area contributed by atoms with Crippen molar-refractivity contribution in [2.24, 2.45) is 7.05 Å². The lowest BCUT2D eigenvalue weighted by Crippen LogP contribution is -2.23. The predicted molar refractivity (Wildman–Crippen MR) is 110 cm³/mol. The van der Waals surface area contributed by atoms with Crippen molar-refractivity contribution in [2.75, 3.05) is 6.54 Å². The van der Waals surface area contributed by atoms with Gasteiger partial charge in [-0.1, -0.05) is 43.7 Å². The van der Waals surface area contributed by atoms with Gasteiger partial charge in [-0.3, -0.25) is 4.68 Å². The van der Waals surface area contributed by atoms with E-state index in [2.05, 4.69) is 54.7 Å². The minimum absolute atomic E-state index is 0.359. The smallest absolute Gasteiger partial charge is 0.127 e. The van der Waals surface area contributed by atoms with E-state index in [4.69, 9.17) is 4.74 Å². The molecule has 3 rings (SSSR count). The molecule has 4 heteroatoms. The Labute approximate surface area is 162 Å². The Morgan fingerprint density at radius 1 is 1.04 bits per heavy atom. The number of hydrogen-bond donors (Lipinski definition) is 1. The molecule has 0 radical (unpaired) electrons. The molecule has 27 heavy (non-hydrogen) atoms. The lowest BCUT2D eigenvalue weighted by molar-refractivity contribution is 0.478. The number of hydrogen-bond acceptors (Lipinski definition) is 3. The van der Waals surface area contributed by atoms with Crippen molar-refractivity contribution < 1.29 is 4.74 Å². The van der Waals surface area contributed by atoms with Crippen LogP contribution in [0.15, 0.2) is 60.8 Å². The van der Waals surface area contributed by atoms with E-state index >= 15 is 0 Å². The van der Waals surface area contributed by atoms with E-state index in [9.17, 15) is 0 Å². The number of nitrogens with one attached hydrogen (secondary N) is 1. The van der Waals surface area contributed by atoms with Gasteiger partial charge in [0.05, 0.1) is 5.69 Å². The zero-order chi connectivity index (χ0) is 19.1. The van der Waals surface area contributed by atoms with Gasteiger partial charge < -0.3 is 10.1 Å². The Morgan fingerprint density at radius 3 is 2.37 bits per heavy atom. The molecule has 0 amide bonds. The molecule has 0 aliphatic rings. The van der Waals surface area contributed by atoms with Crippen LogP contribution >= 0.6 is 0 Å². The van der Waals surface area contributed by atoms with Gasteiger partial charge in [0.25, 0.3) is 0 Å². The molecule has 142 valence electrons. The number of aryl methyl sites for hydroxylation is 2. The van der Waals surface area contributed by atoms with Gasteiger partial charge in [-0.2, -0.15) is 5.10 Å². The summed E-state index contributed by atoms with van der Waals surface area (Å²) in [4.78, 5) is 0. The molecule has 0 aliphatic heterocycles. The molecule has 1 atom stereocenters. The Balaban J connectivity index is 1.59. The molecule has 1 unspecified atom stereocenters. The normalized spacial score (nSPS) is 12.1. The van der Waals surface area contributed by atoms with Crippen LogP contribution in [-0.4, -0.2) is 16.3 Å². The van der Waals surface area contributed by atoms with E-state index in [0.29, 0.717) is 6.04 Å². The standard InChI is InChI=1S/C23H29N3O/c1-4-8-23(24-16-15-20-17-26(3)25-18(20)2)19-11-13-22(14-12-19)27-21-9-6-5-7-10-21/h5-7,9-14,17,23-24H,4,8,15-16H2,1-3H3. The van der Waals surface area contributed by atoms with E-state index in [1.54, 1.807) is 0 Å². The monoisotopic (exact) mass is 363 g/mol. The Kier molecular flexibility index (Phi) is 6.66. The Bertz CT molecular complexity index is 825. The molecule has 1 heterocycles. The summed E-state index contributed by atoms with van der Waals surface area (Å²) in [6.07, 6.45) is 5.37. The SMILES string of the molecule is CCCC(NCCc1cn(C)nc1C)c1ccc(Oc2ccccc2)cc1. The minimum Gasteiger partial charge on any atom is -0.457 e. The highest BCUT2D eigenvalue weighted by Gasteiger charge is 2.11. The van der Waals surface area contributed by atoms with Gasteiger partial charge in [0, 0.05) is 19.3 Å². The highest BCUT2D eigenvalue weighted by atomic mass is 16.5. The maximum atomic E-state index is 5.90. The third-order valence-corrected chi connectivity index (χ3v) is 4.74. The second-order valence-corrected chi connectivity index (χ2v) is 6.94. The molecule has 0 saturated heterocycles. The molecule has 0 bridgehead atoms. The third-order valence-electron chi connectivity index (χ3n) is 4.74. The average molecular weight is 364 g/mol. The maximum Gasteiger partial charge on any atom is 0.127 e. The summed E-state index contributed by atoms with van der Waals surface area (Å²) in [6.45, 7) is 5.25. The first-order valence-corrected chi connectivity index (χ1v) is 9.71. The maximum absolute atomic E-state index is 5.90. The van der Waals surface area contributed by atoms with E-state index in [0.717, 1.165) is 43.0 Å². The summed E-state index contributed by atoms with van der Waals surface area (Å²) in [5.74, 6) is 1.73. The van der Waals surface area contributed by atoms with Gasteiger partial charge in [0.15, 0.2) is 0 Å². The van der Waals surface area contributed by atoms with Gasteiger partial charge in [0.2, 0.25) is 0 Å². The average Bonchev–Trinajstić information content (AvgIpc) is 3.00. The van der Waals surface area contributed by atoms with Crippen molar-refractivity contribution in [3.05, 3.63) is 77.6 Å². The molecule has 1 aromatic heterocycles. The van der Waals surface area contributed by atoms with Gasteiger partial charge in [-0.05, 0) is 61.7 Å². The largest absolute Gasteiger partial charge is 0.457 e. The summed E-state index contributed by atoms with van der Waals surface area (Å²) in [5.41, 5.74) is 3.74. The van der Waals surface area contributed by atoms with Gasteiger partial charge in [0.1, 0.15) is 11.5 Å². The number of benzene rings is 2. The molecule has 0 fully saturated rings. The quantitative estimate of drug-likeness (QED) is 0.568. The number of ether oxygens (including phenoxy) is 1. The van der Waals surface area contributed by atoms with Crippen LogP contribution in [0.4, 0.5) is 0 Å². The fraction of sp³-hybridized carbons (Fsp3) is 0.348. The fourth-order valence-corrected chi connectivity index (χ4v) is 3.34. The predicted octanol–water partition coefficient (Wildman–Crippen LogP) is 5.19. The van der Waals surface area contributed by atoms with Crippen molar-refractivity contribution in [1.29, 1.82) is 0 Å². The van der Waals surface area contributed by atoms with Crippen molar-refractivity contribution in [1.82, 2.24) is 15.1 Å². The number of para-hydroxylation sites is 1.